The van der Waals surface area contributed by atoms with Gasteiger partial charge in [0.05, 0.1) is 19.8 Å². The normalized spacial score (nSPS) is 12.2. The Morgan fingerprint density at radius 2 is 1.53 bits per heavy atom. The summed E-state index contributed by atoms with van der Waals surface area (Å²) in [5.74, 6) is -0.774. The highest BCUT2D eigenvalue weighted by Crippen LogP contribution is 2.45. The van der Waals surface area contributed by atoms with Crippen LogP contribution in [0.2, 0.25) is 0 Å². The lowest BCUT2D eigenvalue weighted by molar-refractivity contribution is -0.206. The SMILES string of the molecule is C=CC(=O)OC(C)(O)COc1cc(-c2ccccc2OC)cc(-c2ccccc2OC)c1-c1ncncn1. The Balaban J connectivity index is 1.98. The van der Waals surface area contributed by atoms with Crippen molar-refractivity contribution in [1.82, 2.24) is 15.0 Å². The first kappa shape index (κ1) is 26.3. The van der Waals surface area contributed by atoms with Crippen molar-refractivity contribution in [1.29, 1.82) is 0 Å². The van der Waals surface area contributed by atoms with Gasteiger partial charge in [-0.05, 0) is 29.8 Å². The molecule has 0 saturated carbocycles. The Kier molecular flexibility index (Phi) is 7.98. The molecule has 0 aliphatic carbocycles. The van der Waals surface area contributed by atoms with E-state index in [-0.39, 0.29) is 6.61 Å². The molecule has 4 rings (SSSR count). The zero-order chi connectivity index (χ0) is 27.1. The Bertz CT molecular complexity index is 1440. The van der Waals surface area contributed by atoms with Crippen molar-refractivity contribution in [2.24, 2.45) is 0 Å². The van der Waals surface area contributed by atoms with E-state index in [2.05, 4.69) is 21.5 Å². The Morgan fingerprint density at radius 1 is 0.921 bits per heavy atom. The summed E-state index contributed by atoms with van der Waals surface area (Å²) in [6, 6.07) is 18.9. The highest BCUT2D eigenvalue weighted by Gasteiger charge is 2.28. The highest BCUT2D eigenvalue weighted by atomic mass is 16.7. The molecule has 3 aromatic carbocycles. The van der Waals surface area contributed by atoms with Gasteiger partial charge in [0.25, 0.3) is 0 Å². The minimum atomic E-state index is -1.94. The third-order valence-electron chi connectivity index (χ3n) is 5.62. The van der Waals surface area contributed by atoms with Crippen LogP contribution in [-0.4, -0.2) is 52.6 Å². The first-order valence-corrected chi connectivity index (χ1v) is 11.6. The number of benzene rings is 3. The van der Waals surface area contributed by atoms with Gasteiger partial charge in [-0.15, -0.1) is 0 Å². The number of aliphatic hydroxyl groups is 1. The minimum Gasteiger partial charge on any atom is -0.496 e. The second kappa shape index (κ2) is 11.5. The van der Waals surface area contributed by atoms with Gasteiger partial charge in [0.1, 0.15) is 29.9 Å². The second-order valence-electron chi connectivity index (χ2n) is 8.35. The zero-order valence-corrected chi connectivity index (χ0v) is 21.2. The summed E-state index contributed by atoms with van der Waals surface area (Å²) in [6.45, 7) is 4.31. The van der Waals surface area contributed by atoms with Crippen LogP contribution < -0.4 is 14.2 Å². The average Bonchev–Trinajstić information content (AvgIpc) is 2.95. The van der Waals surface area contributed by atoms with Gasteiger partial charge in [0.2, 0.25) is 5.79 Å². The molecular weight excluding hydrogens is 486 g/mol. The molecule has 0 spiro atoms. The summed E-state index contributed by atoms with van der Waals surface area (Å²) < 4.78 is 22.5. The van der Waals surface area contributed by atoms with Crippen LogP contribution in [0.5, 0.6) is 17.2 Å². The molecule has 1 N–H and O–H groups in total. The van der Waals surface area contributed by atoms with Crippen molar-refractivity contribution in [3.05, 3.63) is 86.0 Å². The summed E-state index contributed by atoms with van der Waals surface area (Å²) >= 11 is 0. The number of ether oxygens (including phenoxy) is 4. The highest BCUT2D eigenvalue weighted by molar-refractivity contribution is 5.91. The van der Waals surface area contributed by atoms with Crippen LogP contribution in [0.3, 0.4) is 0 Å². The number of carbonyl (C=O) groups excluding carboxylic acids is 1. The third kappa shape index (κ3) is 5.79. The first-order valence-electron chi connectivity index (χ1n) is 11.6. The Morgan fingerprint density at radius 3 is 2.16 bits per heavy atom. The maximum atomic E-state index is 11.7. The number of carbonyl (C=O) groups is 1. The molecule has 9 nitrogen and oxygen atoms in total. The average molecular weight is 514 g/mol. The van der Waals surface area contributed by atoms with Crippen LogP contribution in [0, 0.1) is 0 Å². The van der Waals surface area contributed by atoms with Crippen molar-refractivity contribution in [2.45, 2.75) is 12.7 Å². The molecule has 1 heterocycles. The van der Waals surface area contributed by atoms with Crippen LogP contribution in [0.25, 0.3) is 33.6 Å². The molecule has 0 saturated heterocycles. The van der Waals surface area contributed by atoms with Gasteiger partial charge in [0.15, 0.2) is 12.4 Å². The van der Waals surface area contributed by atoms with E-state index in [0.29, 0.717) is 34.2 Å². The number of rotatable bonds is 10. The van der Waals surface area contributed by atoms with Crippen LogP contribution in [0.1, 0.15) is 6.92 Å². The van der Waals surface area contributed by atoms with E-state index in [0.717, 1.165) is 22.8 Å². The molecule has 4 aromatic rings. The quantitative estimate of drug-likeness (QED) is 0.183. The molecule has 1 aromatic heterocycles. The van der Waals surface area contributed by atoms with E-state index in [1.807, 2.05) is 54.6 Å². The van der Waals surface area contributed by atoms with Crippen molar-refractivity contribution >= 4 is 5.97 Å². The molecule has 9 heteroatoms. The number of aromatic nitrogens is 3. The fraction of sp³-hybridized carbons (Fsp3) is 0.172. The van der Waals surface area contributed by atoms with Gasteiger partial charge in [-0.1, -0.05) is 43.0 Å². The van der Waals surface area contributed by atoms with Gasteiger partial charge in [0, 0.05) is 29.7 Å². The third-order valence-corrected chi connectivity index (χ3v) is 5.62. The molecule has 0 bridgehead atoms. The molecule has 0 aliphatic heterocycles. The molecule has 0 radical (unpaired) electrons. The smallest absolute Gasteiger partial charge is 0.332 e. The number of para-hydroxylation sites is 2. The van der Waals surface area contributed by atoms with Crippen molar-refractivity contribution in [3.8, 4) is 50.9 Å². The standard InChI is InChI=1S/C29H27N3O6/c1-5-26(33)38-29(2,34)16-37-25-15-19(20-10-6-8-12-23(20)35-3)14-22(21-11-7-9-13-24(21)36-4)27(25)28-31-17-30-18-32-28/h5-15,17-18,34H,1,16H2,2-4H3. The van der Waals surface area contributed by atoms with Gasteiger partial charge in [-0.3, -0.25) is 0 Å². The molecule has 1 atom stereocenters. The van der Waals surface area contributed by atoms with Gasteiger partial charge < -0.3 is 24.1 Å². The molecule has 38 heavy (non-hydrogen) atoms. The monoisotopic (exact) mass is 513 g/mol. The number of nitrogens with zero attached hydrogens (tertiary/aromatic N) is 3. The number of hydrogen-bond donors (Lipinski definition) is 1. The van der Waals surface area contributed by atoms with Gasteiger partial charge in [-0.25, -0.2) is 19.7 Å². The summed E-state index contributed by atoms with van der Waals surface area (Å²) in [5.41, 5.74) is 3.56. The molecule has 0 amide bonds. The molecular formula is C29H27N3O6. The fourth-order valence-corrected chi connectivity index (χ4v) is 3.95. The predicted molar refractivity (Wildman–Crippen MR) is 142 cm³/mol. The van der Waals surface area contributed by atoms with Crippen molar-refractivity contribution in [2.75, 3.05) is 20.8 Å². The van der Waals surface area contributed by atoms with E-state index in [1.54, 1.807) is 20.3 Å². The van der Waals surface area contributed by atoms with Crippen molar-refractivity contribution in [3.63, 3.8) is 0 Å². The summed E-state index contributed by atoms with van der Waals surface area (Å²) in [7, 11) is 3.19. The maximum absolute atomic E-state index is 11.7. The lowest BCUT2D eigenvalue weighted by atomic mass is 9.92. The van der Waals surface area contributed by atoms with E-state index in [4.69, 9.17) is 18.9 Å². The van der Waals surface area contributed by atoms with E-state index >= 15 is 0 Å². The summed E-state index contributed by atoms with van der Waals surface area (Å²) in [5, 5.41) is 10.7. The lowest BCUT2D eigenvalue weighted by Gasteiger charge is -2.25. The van der Waals surface area contributed by atoms with Crippen LogP contribution in [0.15, 0.2) is 86.0 Å². The predicted octanol–water partition coefficient (Wildman–Crippen LogP) is 4.71. The minimum absolute atomic E-state index is 0.329. The first-order chi connectivity index (χ1) is 18.4. The fourth-order valence-electron chi connectivity index (χ4n) is 3.95. The van der Waals surface area contributed by atoms with Crippen LogP contribution >= 0.6 is 0 Å². The molecule has 0 aliphatic rings. The zero-order valence-electron chi connectivity index (χ0n) is 21.2. The summed E-state index contributed by atoms with van der Waals surface area (Å²) in [4.78, 5) is 24.4. The topological polar surface area (TPSA) is 113 Å². The molecule has 0 fully saturated rings. The number of esters is 1. The van der Waals surface area contributed by atoms with Crippen LogP contribution in [0.4, 0.5) is 0 Å². The summed E-state index contributed by atoms with van der Waals surface area (Å²) in [6.07, 6.45) is 3.73. The van der Waals surface area contributed by atoms with Crippen LogP contribution in [-0.2, 0) is 9.53 Å². The van der Waals surface area contributed by atoms with E-state index < -0.39 is 11.8 Å². The van der Waals surface area contributed by atoms with E-state index in [9.17, 15) is 9.90 Å². The molecule has 194 valence electrons. The molecule has 1 unspecified atom stereocenters. The van der Waals surface area contributed by atoms with Gasteiger partial charge >= 0.3 is 5.97 Å². The van der Waals surface area contributed by atoms with Gasteiger partial charge in [-0.2, -0.15) is 0 Å². The number of methoxy groups -OCH3 is 2. The Hall–Kier alpha value is -4.76. The van der Waals surface area contributed by atoms with E-state index in [1.165, 1.54) is 19.6 Å². The largest absolute Gasteiger partial charge is 0.496 e. The maximum Gasteiger partial charge on any atom is 0.332 e. The second-order valence-corrected chi connectivity index (χ2v) is 8.35. The lowest BCUT2D eigenvalue weighted by Crippen LogP contribution is -2.37. The number of hydrogen-bond acceptors (Lipinski definition) is 9. The Labute approximate surface area is 220 Å². The van der Waals surface area contributed by atoms with Crippen molar-refractivity contribution < 1.29 is 28.8 Å².